The van der Waals surface area contributed by atoms with E-state index in [1.165, 1.54) is 11.1 Å². The van der Waals surface area contributed by atoms with Gasteiger partial charge >= 0.3 is 5.97 Å². The van der Waals surface area contributed by atoms with E-state index in [1.54, 1.807) is 12.1 Å². The maximum Gasteiger partial charge on any atom is 0.335 e. The zero-order valence-corrected chi connectivity index (χ0v) is 15.1. The molecule has 3 aromatic rings. The lowest BCUT2D eigenvalue weighted by molar-refractivity contribution is 0.0695. The van der Waals surface area contributed by atoms with Gasteiger partial charge in [0.2, 0.25) is 0 Å². The standard InChI is InChI=1S/C23H23NO3/c24-16-19-8-11-22(23(25)26)20(15-19)12-13-27-21-9-6-18(7-10-21)14-17-4-2-1-3-5-17/h1-11,15H,12-14,16,24H2,(H,25,26). The molecule has 3 aromatic carbocycles. The lowest BCUT2D eigenvalue weighted by Gasteiger charge is -2.10. The van der Waals surface area contributed by atoms with Gasteiger partial charge in [-0.1, -0.05) is 54.6 Å². The van der Waals surface area contributed by atoms with Crippen LogP contribution in [0.3, 0.4) is 0 Å². The third-order valence-electron chi connectivity index (χ3n) is 4.45. The quantitative estimate of drug-likeness (QED) is 0.635. The Labute approximate surface area is 159 Å². The summed E-state index contributed by atoms with van der Waals surface area (Å²) in [5.74, 6) is -0.155. The van der Waals surface area contributed by atoms with E-state index in [9.17, 15) is 9.90 Å². The SMILES string of the molecule is NCc1ccc(C(=O)O)c(CCOc2ccc(Cc3ccccc3)cc2)c1. The molecule has 0 radical (unpaired) electrons. The Morgan fingerprint density at radius 3 is 2.22 bits per heavy atom. The van der Waals surface area contributed by atoms with Gasteiger partial charge in [0, 0.05) is 13.0 Å². The molecule has 0 aliphatic carbocycles. The van der Waals surface area contributed by atoms with E-state index >= 15 is 0 Å². The Morgan fingerprint density at radius 1 is 0.889 bits per heavy atom. The average Bonchev–Trinajstić information content (AvgIpc) is 2.70. The highest BCUT2D eigenvalue weighted by atomic mass is 16.5. The monoisotopic (exact) mass is 361 g/mol. The van der Waals surface area contributed by atoms with Crippen molar-refractivity contribution in [1.82, 2.24) is 0 Å². The molecule has 4 nitrogen and oxygen atoms in total. The maximum absolute atomic E-state index is 11.4. The molecule has 0 aromatic heterocycles. The van der Waals surface area contributed by atoms with Crippen molar-refractivity contribution in [2.75, 3.05) is 6.61 Å². The highest BCUT2D eigenvalue weighted by molar-refractivity contribution is 5.89. The fraction of sp³-hybridized carbons (Fsp3) is 0.174. The molecule has 3 rings (SSSR count). The predicted octanol–water partition coefficient (Wildman–Crippen LogP) is 4.06. The fourth-order valence-electron chi connectivity index (χ4n) is 3.00. The zero-order valence-electron chi connectivity index (χ0n) is 15.1. The van der Waals surface area contributed by atoms with Crippen LogP contribution in [0.4, 0.5) is 0 Å². The van der Waals surface area contributed by atoms with E-state index in [2.05, 4.69) is 24.3 Å². The molecule has 0 aliphatic heterocycles. The lowest BCUT2D eigenvalue weighted by atomic mass is 10.0. The first-order valence-electron chi connectivity index (χ1n) is 8.96. The van der Waals surface area contributed by atoms with Crippen LogP contribution >= 0.6 is 0 Å². The Kier molecular flexibility index (Phi) is 6.23. The minimum Gasteiger partial charge on any atom is -0.493 e. The number of hydrogen-bond acceptors (Lipinski definition) is 3. The van der Waals surface area contributed by atoms with E-state index in [0.717, 1.165) is 23.3 Å². The Hall–Kier alpha value is -3.11. The van der Waals surface area contributed by atoms with Crippen LogP contribution in [-0.2, 0) is 19.4 Å². The van der Waals surface area contributed by atoms with E-state index in [0.29, 0.717) is 25.1 Å². The minimum atomic E-state index is -0.932. The molecule has 0 fully saturated rings. The van der Waals surface area contributed by atoms with Gasteiger partial charge in [0.05, 0.1) is 12.2 Å². The first-order valence-corrected chi connectivity index (χ1v) is 8.96. The van der Waals surface area contributed by atoms with Crippen LogP contribution in [0, 0.1) is 0 Å². The number of carboxylic acids is 1. The maximum atomic E-state index is 11.4. The number of ether oxygens (including phenoxy) is 1. The van der Waals surface area contributed by atoms with Crippen molar-refractivity contribution in [2.24, 2.45) is 5.73 Å². The van der Waals surface area contributed by atoms with Gasteiger partial charge in [0.25, 0.3) is 0 Å². The summed E-state index contributed by atoms with van der Waals surface area (Å²) in [4.78, 5) is 11.4. The zero-order chi connectivity index (χ0) is 19.1. The van der Waals surface area contributed by atoms with Gasteiger partial charge < -0.3 is 15.6 Å². The van der Waals surface area contributed by atoms with Crippen molar-refractivity contribution in [3.05, 3.63) is 101 Å². The summed E-state index contributed by atoms with van der Waals surface area (Å²) in [6, 6.07) is 23.5. The second-order valence-electron chi connectivity index (χ2n) is 6.41. The van der Waals surface area contributed by atoms with E-state index in [-0.39, 0.29) is 0 Å². The van der Waals surface area contributed by atoms with Crippen LogP contribution in [-0.4, -0.2) is 17.7 Å². The first kappa shape index (κ1) is 18.7. The van der Waals surface area contributed by atoms with Crippen molar-refractivity contribution < 1.29 is 14.6 Å². The predicted molar refractivity (Wildman–Crippen MR) is 106 cm³/mol. The largest absolute Gasteiger partial charge is 0.493 e. The molecule has 0 unspecified atom stereocenters. The molecular formula is C23H23NO3. The third kappa shape index (κ3) is 5.19. The second-order valence-corrected chi connectivity index (χ2v) is 6.41. The molecule has 0 bridgehead atoms. The van der Waals surface area contributed by atoms with Crippen LogP contribution in [0.15, 0.2) is 72.8 Å². The molecule has 0 atom stereocenters. The number of nitrogens with two attached hydrogens (primary N) is 1. The average molecular weight is 361 g/mol. The normalized spacial score (nSPS) is 10.6. The third-order valence-corrected chi connectivity index (χ3v) is 4.45. The molecule has 0 saturated carbocycles. The van der Waals surface area contributed by atoms with Gasteiger partial charge in [-0.2, -0.15) is 0 Å². The highest BCUT2D eigenvalue weighted by Gasteiger charge is 2.10. The Bertz CT molecular complexity index is 889. The Morgan fingerprint density at radius 2 is 1.56 bits per heavy atom. The molecule has 27 heavy (non-hydrogen) atoms. The summed E-state index contributed by atoms with van der Waals surface area (Å²) in [5, 5.41) is 9.33. The molecule has 4 heteroatoms. The van der Waals surface area contributed by atoms with Crippen LogP contribution < -0.4 is 10.5 Å². The molecule has 0 spiro atoms. The van der Waals surface area contributed by atoms with Gasteiger partial charge in [-0.25, -0.2) is 4.79 Å². The van der Waals surface area contributed by atoms with E-state index < -0.39 is 5.97 Å². The van der Waals surface area contributed by atoms with Crippen molar-refractivity contribution in [3.8, 4) is 5.75 Å². The molecule has 0 amide bonds. The second kappa shape index (κ2) is 9.01. The van der Waals surface area contributed by atoms with Crippen LogP contribution in [0.2, 0.25) is 0 Å². The molecular weight excluding hydrogens is 338 g/mol. The van der Waals surface area contributed by atoms with Crippen molar-refractivity contribution in [2.45, 2.75) is 19.4 Å². The summed E-state index contributed by atoms with van der Waals surface area (Å²) in [5.41, 5.74) is 10.1. The van der Waals surface area contributed by atoms with Crippen LogP contribution in [0.25, 0.3) is 0 Å². The molecule has 0 heterocycles. The van der Waals surface area contributed by atoms with Crippen LogP contribution in [0.1, 0.15) is 32.6 Å². The summed E-state index contributed by atoms with van der Waals surface area (Å²) >= 11 is 0. The Balaban J connectivity index is 1.58. The molecule has 3 N–H and O–H groups in total. The molecule has 138 valence electrons. The van der Waals surface area contributed by atoms with Crippen molar-refractivity contribution >= 4 is 5.97 Å². The van der Waals surface area contributed by atoms with Crippen molar-refractivity contribution in [1.29, 1.82) is 0 Å². The number of hydrogen-bond donors (Lipinski definition) is 2. The molecule has 0 saturated heterocycles. The minimum absolute atomic E-state index is 0.300. The summed E-state index contributed by atoms with van der Waals surface area (Å²) in [7, 11) is 0. The van der Waals surface area contributed by atoms with E-state index in [1.807, 2.05) is 36.4 Å². The highest BCUT2D eigenvalue weighted by Crippen LogP contribution is 2.17. The van der Waals surface area contributed by atoms with E-state index in [4.69, 9.17) is 10.5 Å². The smallest absolute Gasteiger partial charge is 0.335 e. The lowest BCUT2D eigenvalue weighted by Crippen LogP contribution is -2.09. The van der Waals surface area contributed by atoms with Gasteiger partial charge in [-0.15, -0.1) is 0 Å². The number of rotatable bonds is 8. The van der Waals surface area contributed by atoms with Gasteiger partial charge in [0.15, 0.2) is 0 Å². The fourth-order valence-corrected chi connectivity index (χ4v) is 3.00. The number of carbonyl (C=O) groups is 1. The first-order chi connectivity index (χ1) is 13.2. The van der Waals surface area contributed by atoms with Crippen molar-refractivity contribution in [3.63, 3.8) is 0 Å². The van der Waals surface area contributed by atoms with Gasteiger partial charge in [0.1, 0.15) is 5.75 Å². The summed E-state index contributed by atoms with van der Waals surface area (Å²) in [6.07, 6.45) is 1.40. The topological polar surface area (TPSA) is 72.6 Å². The van der Waals surface area contributed by atoms with Gasteiger partial charge in [-0.05, 0) is 46.9 Å². The van der Waals surface area contributed by atoms with Crippen LogP contribution in [0.5, 0.6) is 5.75 Å². The molecule has 0 aliphatic rings. The number of benzene rings is 3. The van der Waals surface area contributed by atoms with Gasteiger partial charge in [-0.3, -0.25) is 0 Å². The number of carboxylic acid groups (broad SMARTS) is 1. The summed E-state index contributed by atoms with van der Waals surface area (Å²) in [6.45, 7) is 0.795. The summed E-state index contributed by atoms with van der Waals surface area (Å²) < 4.78 is 5.80. The number of aromatic carboxylic acids is 1.